The highest BCUT2D eigenvalue weighted by Crippen LogP contribution is 2.42. The van der Waals surface area contributed by atoms with Crippen molar-refractivity contribution in [3.8, 4) is 11.1 Å². The van der Waals surface area contributed by atoms with Gasteiger partial charge in [-0.1, -0.05) is 164 Å². The number of hydrogen-bond donors (Lipinski definition) is 0. The fraction of sp³-hybridized carbons (Fsp3) is 0. The van der Waals surface area contributed by atoms with Gasteiger partial charge >= 0.3 is 0 Å². The Bertz CT molecular complexity index is 3340. The second-order valence-corrected chi connectivity index (χ2v) is 15.4. The van der Waals surface area contributed by atoms with E-state index in [0.29, 0.717) is 0 Å². The van der Waals surface area contributed by atoms with Gasteiger partial charge in [0.2, 0.25) is 0 Å². The molecule has 0 atom stereocenters. The number of anilines is 6. The highest BCUT2D eigenvalue weighted by Gasteiger charge is 2.18. The third kappa shape index (κ3) is 6.88. The van der Waals surface area contributed by atoms with E-state index in [-0.39, 0.29) is 0 Å². The van der Waals surface area contributed by atoms with Crippen molar-refractivity contribution in [2.45, 2.75) is 0 Å². The predicted octanol–water partition coefficient (Wildman–Crippen LogP) is 16.7. The maximum absolute atomic E-state index is 6.59. The van der Waals surface area contributed by atoms with E-state index in [2.05, 4.69) is 252 Å². The number of rotatable bonds is 9. The van der Waals surface area contributed by atoms with Crippen LogP contribution in [0, 0.1) is 0 Å². The summed E-state index contributed by atoms with van der Waals surface area (Å²) in [5.41, 5.74) is 13.0. The van der Waals surface area contributed by atoms with E-state index in [1.165, 1.54) is 32.7 Å². The zero-order valence-corrected chi connectivity index (χ0v) is 33.4. The lowest BCUT2D eigenvalue weighted by Crippen LogP contribution is -2.10. The number of benzene rings is 10. The van der Waals surface area contributed by atoms with Crippen LogP contribution in [-0.2, 0) is 0 Å². The van der Waals surface area contributed by atoms with Gasteiger partial charge in [0.1, 0.15) is 11.2 Å². The van der Waals surface area contributed by atoms with Gasteiger partial charge in [0, 0.05) is 50.4 Å². The largest absolute Gasteiger partial charge is 0.456 e. The normalized spacial score (nSPS) is 11.5. The molecular formula is C58H40N2O. The first-order valence-corrected chi connectivity index (χ1v) is 20.7. The Labute approximate surface area is 355 Å². The molecule has 11 rings (SSSR count). The summed E-state index contributed by atoms with van der Waals surface area (Å²) in [6, 6.07) is 81.9. The van der Waals surface area contributed by atoms with Crippen molar-refractivity contribution in [3.63, 3.8) is 0 Å². The van der Waals surface area contributed by atoms with Gasteiger partial charge in [-0.2, -0.15) is 0 Å². The molecule has 0 aliphatic carbocycles. The molecule has 0 spiro atoms. The van der Waals surface area contributed by atoms with Crippen molar-refractivity contribution < 1.29 is 4.42 Å². The Hall–Kier alpha value is -8.14. The van der Waals surface area contributed by atoms with Crippen molar-refractivity contribution in [1.29, 1.82) is 0 Å². The molecule has 0 N–H and O–H groups in total. The minimum Gasteiger partial charge on any atom is -0.456 e. The number of furan rings is 1. The fourth-order valence-electron chi connectivity index (χ4n) is 8.62. The van der Waals surface area contributed by atoms with E-state index in [9.17, 15) is 0 Å². The van der Waals surface area contributed by atoms with Crippen molar-refractivity contribution >= 4 is 89.8 Å². The zero-order chi connectivity index (χ0) is 40.5. The minimum atomic E-state index is 0.861. The Morgan fingerprint density at radius 1 is 0.295 bits per heavy atom. The first-order chi connectivity index (χ1) is 30.2. The van der Waals surface area contributed by atoms with Crippen LogP contribution in [0.25, 0.3) is 66.8 Å². The number of para-hydroxylation sites is 2. The van der Waals surface area contributed by atoms with Gasteiger partial charge in [-0.05, 0) is 106 Å². The van der Waals surface area contributed by atoms with Crippen LogP contribution in [0.3, 0.4) is 0 Å². The number of fused-ring (bicyclic) bond motifs is 5. The van der Waals surface area contributed by atoms with Crippen LogP contribution in [0.4, 0.5) is 34.1 Å². The van der Waals surface area contributed by atoms with E-state index < -0.39 is 0 Å². The van der Waals surface area contributed by atoms with Gasteiger partial charge < -0.3 is 14.2 Å². The molecule has 0 saturated heterocycles. The third-order valence-electron chi connectivity index (χ3n) is 11.6. The minimum absolute atomic E-state index is 0.861. The summed E-state index contributed by atoms with van der Waals surface area (Å²) < 4.78 is 6.59. The summed E-state index contributed by atoms with van der Waals surface area (Å²) in [6.45, 7) is 0. The van der Waals surface area contributed by atoms with Gasteiger partial charge in [-0.3, -0.25) is 0 Å². The zero-order valence-electron chi connectivity index (χ0n) is 33.4. The molecule has 0 saturated carbocycles. The Kier molecular flexibility index (Phi) is 9.18. The fourth-order valence-corrected chi connectivity index (χ4v) is 8.62. The molecule has 3 heteroatoms. The predicted molar refractivity (Wildman–Crippen MR) is 259 cm³/mol. The summed E-state index contributed by atoms with van der Waals surface area (Å²) in [6.07, 6.45) is 4.32. The maximum Gasteiger partial charge on any atom is 0.137 e. The molecule has 61 heavy (non-hydrogen) atoms. The van der Waals surface area contributed by atoms with Crippen LogP contribution in [0.15, 0.2) is 235 Å². The summed E-state index contributed by atoms with van der Waals surface area (Å²) in [4.78, 5) is 4.66. The van der Waals surface area contributed by atoms with Crippen molar-refractivity contribution in [3.05, 3.63) is 242 Å². The monoisotopic (exact) mass is 780 g/mol. The van der Waals surface area contributed by atoms with Crippen LogP contribution in [0.5, 0.6) is 0 Å². The van der Waals surface area contributed by atoms with Crippen LogP contribution in [0.1, 0.15) is 11.1 Å². The van der Waals surface area contributed by atoms with Crippen LogP contribution >= 0.6 is 0 Å². The molecule has 1 aromatic heterocycles. The van der Waals surface area contributed by atoms with E-state index in [0.717, 1.165) is 67.2 Å². The van der Waals surface area contributed by atoms with Gasteiger partial charge in [0.25, 0.3) is 0 Å². The Morgan fingerprint density at radius 3 is 1.33 bits per heavy atom. The SMILES string of the molecule is C(=Cc1ccc2c(c1)oc1cc(N(c3ccccc3)c3cccc4ccccc34)ccc12)c1ccc(-c2ccc(N(c3ccccc3)c3cccc4ccccc34)cc2)cc1. The van der Waals surface area contributed by atoms with Crippen molar-refractivity contribution in [1.82, 2.24) is 0 Å². The van der Waals surface area contributed by atoms with Gasteiger partial charge in [0.05, 0.1) is 11.4 Å². The van der Waals surface area contributed by atoms with Crippen LogP contribution in [-0.4, -0.2) is 0 Å². The maximum atomic E-state index is 6.59. The van der Waals surface area contributed by atoms with E-state index in [1.54, 1.807) is 0 Å². The van der Waals surface area contributed by atoms with Gasteiger partial charge in [-0.25, -0.2) is 0 Å². The molecule has 1 heterocycles. The Balaban J connectivity index is 0.849. The summed E-state index contributed by atoms with van der Waals surface area (Å²) in [5, 5.41) is 7.05. The molecule has 0 bridgehead atoms. The molecule has 0 aliphatic rings. The lowest BCUT2D eigenvalue weighted by molar-refractivity contribution is 0.669. The molecular weight excluding hydrogens is 741 g/mol. The second kappa shape index (κ2) is 15.6. The molecule has 10 aromatic carbocycles. The average Bonchev–Trinajstić information content (AvgIpc) is 3.69. The van der Waals surface area contributed by atoms with Gasteiger partial charge in [-0.15, -0.1) is 0 Å². The molecule has 0 amide bonds. The lowest BCUT2D eigenvalue weighted by atomic mass is 10.0. The molecule has 288 valence electrons. The highest BCUT2D eigenvalue weighted by atomic mass is 16.3. The van der Waals surface area contributed by atoms with E-state index in [4.69, 9.17) is 4.42 Å². The molecule has 0 unspecified atom stereocenters. The summed E-state index contributed by atoms with van der Waals surface area (Å²) >= 11 is 0. The molecule has 0 aliphatic heterocycles. The Morgan fingerprint density at radius 2 is 0.721 bits per heavy atom. The molecule has 11 aromatic rings. The smallest absolute Gasteiger partial charge is 0.137 e. The molecule has 0 fully saturated rings. The van der Waals surface area contributed by atoms with Crippen LogP contribution < -0.4 is 9.80 Å². The first kappa shape index (κ1) is 36.0. The highest BCUT2D eigenvalue weighted by molar-refractivity contribution is 6.07. The number of hydrogen-bond acceptors (Lipinski definition) is 3. The summed E-state index contributed by atoms with van der Waals surface area (Å²) in [5.74, 6) is 0. The van der Waals surface area contributed by atoms with Crippen molar-refractivity contribution in [2.75, 3.05) is 9.80 Å². The van der Waals surface area contributed by atoms with Crippen molar-refractivity contribution in [2.24, 2.45) is 0 Å². The van der Waals surface area contributed by atoms with E-state index in [1.807, 2.05) is 0 Å². The van der Waals surface area contributed by atoms with Crippen LogP contribution in [0.2, 0.25) is 0 Å². The lowest BCUT2D eigenvalue weighted by Gasteiger charge is -2.27. The topological polar surface area (TPSA) is 19.6 Å². The molecule has 3 nitrogen and oxygen atoms in total. The quantitative estimate of drug-likeness (QED) is 0.136. The summed E-state index contributed by atoms with van der Waals surface area (Å²) in [7, 11) is 0. The third-order valence-corrected chi connectivity index (χ3v) is 11.6. The average molecular weight is 781 g/mol. The first-order valence-electron chi connectivity index (χ1n) is 20.7. The standard InChI is InChI=1S/C58H40N2O/c1-3-17-47(18-4-1)59(55-23-11-15-45-13-7-9-21-51(45)55)49-34-32-44(33-35-49)43-30-27-41(28-31-43)25-26-42-29-37-53-54-38-36-50(40-58(54)61-57(53)39-42)60(48-19-5-2-6-20-48)56-24-12-16-46-14-8-10-22-52(46)56/h1-40H. The second-order valence-electron chi connectivity index (χ2n) is 15.4. The van der Waals surface area contributed by atoms with Gasteiger partial charge in [0.15, 0.2) is 0 Å². The number of nitrogens with zero attached hydrogens (tertiary/aromatic N) is 2. The van der Waals surface area contributed by atoms with E-state index >= 15 is 0 Å². The molecule has 0 radical (unpaired) electrons.